The number of hydrogen-bond acceptors (Lipinski definition) is 2. The second-order valence-corrected chi connectivity index (χ2v) is 3.57. The van der Waals surface area contributed by atoms with Gasteiger partial charge in [-0.2, -0.15) is 0 Å². The Hall–Kier alpha value is -0.0900. The van der Waals surface area contributed by atoms with E-state index in [0.29, 0.717) is 18.5 Å². The molecule has 0 aromatic heterocycles. The maximum Gasteiger partial charge on any atom is 0.304 e. The van der Waals surface area contributed by atoms with Crippen molar-refractivity contribution < 1.29 is 14.6 Å². The van der Waals surface area contributed by atoms with E-state index in [1.807, 2.05) is 0 Å². The number of halogens is 1. The van der Waals surface area contributed by atoms with Crippen molar-refractivity contribution in [1.29, 1.82) is 0 Å². The van der Waals surface area contributed by atoms with Gasteiger partial charge in [-0.1, -0.05) is 15.9 Å². The van der Waals surface area contributed by atoms with Crippen LogP contribution in [0.3, 0.4) is 0 Å². The van der Waals surface area contributed by atoms with Crippen molar-refractivity contribution in [2.45, 2.75) is 12.8 Å². The fourth-order valence-corrected chi connectivity index (χ4v) is 1.90. The van der Waals surface area contributed by atoms with E-state index in [1.54, 1.807) is 0 Å². The summed E-state index contributed by atoms with van der Waals surface area (Å²) in [6.07, 6.45) is 1.06. The molecule has 0 amide bonds. The number of rotatable bonds is 3. The molecular formula is C7H11BrO3. The van der Waals surface area contributed by atoms with Crippen molar-refractivity contribution in [2.75, 3.05) is 18.5 Å². The minimum Gasteiger partial charge on any atom is -0.481 e. The summed E-state index contributed by atoms with van der Waals surface area (Å²) in [6.45, 7) is 1.27. The van der Waals surface area contributed by atoms with E-state index in [0.717, 1.165) is 6.42 Å². The molecule has 1 aliphatic rings. The third-order valence-electron chi connectivity index (χ3n) is 1.99. The highest BCUT2D eigenvalue weighted by Gasteiger charge is 2.35. The Morgan fingerprint density at radius 1 is 1.73 bits per heavy atom. The molecule has 11 heavy (non-hydrogen) atoms. The van der Waals surface area contributed by atoms with Crippen LogP contribution in [0.5, 0.6) is 0 Å². The molecule has 1 rings (SSSR count). The Bertz CT molecular complexity index is 152. The van der Waals surface area contributed by atoms with Crippen molar-refractivity contribution in [3.8, 4) is 0 Å². The third-order valence-corrected chi connectivity index (χ3v) is 3.18. The average molecular weight is 223 g/mol. The van der Waals surface area contributed by atoms with Gasteiger partial charge >= 0.3 is 5.97 Å². The van der Waals surface area contributed by atoms with Crippen molar-refractivity contribution in [3.63, 3.8) is 0 Å². The predicted molar refractivity (Wildman–Crippen MR) is 43.9 cm³/mol. The maximum absolute atomic E-state index is 10.4. The Balaban J connectivity index is 2.52. The van der Waals surface area contributed by atoms with Crippen LogP contribution >= 0.6 is 15.9 Å². The number of carbonyl (C=O) groups is 1. The van der Waals surface area contributed by atoms with Crippen molar-refractivity contribution in [2.24, 2.45) is 5.41 Å². The van der Waals surface area contributed by atoms with E-state index in [1.165, 1.54) is 0 Å². The molecule has 1 unspecified atom stereocenters. The minimum atomic E-state index is -0.741. The summed E-state index contributed by atoms with van der Waals surface area (Å²) in [6, 6.07) is 0. The van der Waals surface area contributed by atoms with Gasteiger partial charge in [-0.3, -0.25) is 4.79 Å². The summed E-state index contributed by atoms with van der Waals surface area (Å²) >= 11 is 3.32. The Morgan fingerprint density at radius 2 is 2.45 bits per heavy atom. The molecule has 1 saturated heterocycles. The van der Waals surface area contributed by atoms with Gasteiger partial charge in [0.1, 0.15) is 0 Å². The van der Waals surface area contributed by atoms with Gasteiger partial charge in [0.2, 0.25) is 0 Å². The molecule has 1 atom stereocenters. The molecular weight excluding hydrogens is 212 g/mol. The van der Waals surface area contributed by atoms with Crippen LogP contribution in [0.2, 0.25) is 0 Å². The van der Waals surface area contributed by atoms with E-state index < -0.39 is 5.97 Å². The molecule has 3 nitrogen and oxygen atoms in total. The number of alkyl halides is 1. The van der Waals surface area contributed by atoms with Crippen LogP contribution in [0.4, 0.5) is 0 Å². The number of carboxylic acid groups (broad SMARTS) is 1. The maximum atomic E-state index is 10.4. The predicted octanol–water partition coefficient (Wildman–Crippen LogP) is 1.26. The first-order valence-electron chi connectivity index (χ1n) is 3.54. The number of ether oxygens (including phenoxy) is 1. The summed E-state index contributed by atoms with van der Waals surface area (Å²) in [7, 11) is 0. The largest absolute Gasteiger partial charge is 0.481 e. The molecule has 1 fully saturated rings. The summed E-state index contributed by atoms with van der Waals surface area (Å²) in [5.74, 6) is -0.741. The molecule has 64 valence electrons. The van der Waals surface area contributed by atoms with Crippen LogP contribution in [0, 0.1) is 5.41 Å². The van der Waals surface area contributed by atoms with Gasteiger partial charge in [-0.15, -0.1) is 0 Å². The summed E-state index contributed by atoms with van der Waals surface area (Å²) in [5.41, 5.74) is -0.147. The van der Waals surface area contributed by atoms with E-state index in [2.05, 4.69) is 15.9 Å². The smallest absolute Gasteiger partial charge is 0.304 e. The second kappa shape index (κ2) is 3.54. The number of carboxylic acids is 1. The zero-order chi connectivity index (χ0) is 8.32. The van der Waals surface area contributed by atoms with Crippen molar-refractivity contribution >= 4 is 21.9 Å². The van der Waals surface area contributed by atoms with Gasteiger partial charge in [-0.05, 0) is 6.42 Å². The lowest BCUT2D eigenvalue weighted by atomic mass is 9.86. The van der Waals surface area contributed by atoms with Crippen LogP contribution in [0.25, 0.3) is 0 Å². The monoisotopic (exact) mass is 222 g/mol. The van der Waals surface area contributed by atoms with Crippen LogP contribution in [-0.2, 0) is 9.53 Å². The molecule has 1 N–H and O–H groups in total. The van der Waals surface area contributed by atoms with Crippen LogP contribution in [-0.4, -0.2) is 29.6 Å². The first-order chi connectivity index (χ1) is 5.18. The average Bonchev–Trinajstić information content (AvgIpc) is 2.36. The normalized spacial score (nSPS) is 30.6. The first kappa shape index (κ1) is 9.00. The second-order valence-electron chi connectivity index (χ2n) is 3.01. The highest BCUT2D eigenvalue weighted by Crippen LogP contribution is 2.34. The summed E-state index contributed by atoms with van der Waals surface area (Å²) in [4.78, 5) is 10.4. The van der Waals surface area contributed by atoms with Crippen molar-refractivity contribution in [1.82, 2.24) is 0 Å². The van der Waals surface area contributed by atoms with E-state index in [9.17, 15) is 4.79 Å². The molecule has 0 radical (unpaired) electrons. The van der Waals surface area contributed by atoms with Crippen LogP contribution in [0.15, 0.2) is 0 Å². The van der Waals surface area contributed by atoms with Gasteiger partial charge in [0.15, 0.2) is 0 Å². The third kappa shape index (κ3) is 2.17. The molecule has 0 aromatic carbocycles. The molecule has 0 spiro atoms. The fourth-order valence-electron chi connectivity index (χ4n) is 1.26. The molecule has 4 heteroatoms. The Morgan fingerprint density at radius 3 is 2.82 bits per heavy atom. The van der Waals surface area contributed by atoms with E-state index in [4.69, 9.17) is 9.84 Å². The van der Waals surface area contributed by atoms with Gasteiger partial charge in [-0.25, -0.2) is 0 Å². The minimum absolute atomic E-state index is 0.147. The van der Waals surface area contributed by atoms with Gasteiger partial charge in [0.05, 0.1) is 13.0 Å². The quantitative estimate of drug-likeness (QED) is 0.732. The number of aliphatic carboxylic acids is 1. The Kier molecular flexibility index (Phi) is 2.90. The van der Waals surface area contributed by atoms with Gasteiger partial charge < -0.3 is 9.84 Å². The lowest BCUT2D eigenvalue weighted by Gasteiger charge is -2.21. The zero-order valence-electron chi connectivity index (χ0n) is 6.18. The lowest BCUT2D eigenvalue weighted by Crippen LogP contribution is -2.26. The Labute approximate surface area is 73.9 Å². The molecule has 0 bridgehead atoms. The lowest BCUT2D eigenvalue weighted by molar-refractivity contribution is -0.139. The van der Waals surface area contributed by atoms with E-state index in [-0.39, 0.29) is 11.8 Å². The number of hydrogen-bond donors (Lipinski definition) is 1. The molecule has 0 saturated carbocycles. The molecule has 1 heterocycles. The molecule has 0 aromatic rings. The molecule has 0 aliphatic carbocycles. The zero-order valence-corrected chi connectivity index (χ0v) is 7.76. The van der Waals surface area contributed by atoms with Crippen molar-refractivity contribution in [3.05, 3.63) is 0 Å². The van der Waals surface area contributed by atoms with Crippen LogP contribution < -0.4 is 0 Å². The highest BCUT2D eigenvalue weighted by atomic mass is 79.9. The summed E-state index contributed by atoms with van der Waals surface area (Å²) in [5, 5.41) is 9.31. The molecule has 1 aliphatic heterocycles. The first-order valence-corrected chi connectivity index (χ1v) is 4.66. The topological polar surface area (TPSA) is 46.5 Å². The van der Waals surface area contributed by atoms with Crippen LogP contribution in [0.1, 0.15) is 12.8 Å². The van der Waals surface area contributed by atoms with Gasteiger partial charge in [0, 0.05) is 17.4 Å². The summed E-state index contributed by atoms with van der Waals surface area (Å²) < 4.78 is 5.16. The fraction of sp³-hybridized carbons (Fsp3) is 0.857. The highest BCUT2D eigenvalue weighted by molar-refractivity contribution is 9.09. The van der Waals surface area contributed by atoms with E-state index >= 15 is 0 Å². The standard InChI is InChI=1S/C7H11BrO3/c8-4-7(3-6(9)10)1-2-11-5-7/h1-5H2,(H,9,10). The SMILES string of the molecule is O=C(O)CC1(CBr)CCOC1. The van der Waals surface area contributed by atoms with Gasteiger partial charge in [0.25, 0.3) is 0 Å².